The summed E-state index contributed by atoms with van der Waals surface area (Å²) >= 11 is 5.73. The van der Waals surface area contributed by atoms with Crippen LogP contribution in [0.5, 0.6) is 0 Å². The second-order valence-corrected chi connectivity index (χ2v) is 6.33. The van der Waals surface area contributed by atoms with Crippen LogP contribution < -0.4 is 4.72 Å². The van der Waals surface area contributed by atoms with E-state index in [9.17, 15) is 13.2 Å². The zero-order valence-corrected chi connectivity index (χ0v) is 12.8. The van der Waals surface area contributed by atoms with Gasteiger partial charge in [0.05, 0.1) is 16.0 Å². The first-order valence-electron chi connectivity index (χ1n) is 6.16. The molecule has 0 spiro atoms. The minimum Gasteiger partial charge on any atom is -0.478 e. The number of aromatic carboxylic acids is 1. The Bertz CT molecular complexity index is 817. The zero-order chi connectivity index (χ0) is 16.2. The van der Waals surface area contributed by atoms with Crippen molar-refractivity contribution in [2.45, 2.75) is 0 Å². The summed E-state index contributed by atoms with van der Waals surface area (Å²) in [5, 5.41) is 10.0. The van der Waals surface area contributed by atoms with Crippen molar-refractivity contribution in [1.29, 1.82) is 0 Å². The summed E-state index contributed by atoms with van der Waals surface area (Å²) in [6.07, 6.45) is 1.44. The number of anilines is 1. The lowest BCUT2D eigenvalue weighted by atomic mass is 10.2. The van der Waals surface area contributed by atoms with Crippen LogP contribution in [0.15, 0.2) is 53.9 Å². The Morgan fingerprint density at radius 2 is 1.82 bits per heavy atom. The van der Waals surface area contributed by atoms with E-state index in [-0.39, 0.29) is 16.3 Å². The Labute approximate surface area is 132 Å². The molecule has 0 bridgehead atoms. The molecule has 0 unspecified atom stereocenters. The SMILES string of the molecule is O=C(O)c1cc(NS(=O)(=O)C=Cc2ccccc2)ccc1Cl. The van der Waals surface area contributed by atoms with Gasteiger partial charge in [-0.25, -0.2) is 13.2 Å². The lowest BCUT2D eigenvalue weighted by molar-refractivity contribution is 0.0697. The Morgan fingerprint density at radius 3 is 2.45 bits per heavy atom. The molecule has 0 aromatic heterocycles. The average molecular weight is 338 g/mol. The van der Waals surface area contributed by atoms with Crippen molar-refractivity contribution in [3.63, 3.8) is 0 Å². The lowest BCUT2D eigenvalue weighted by Gasteiger charge is -2.06. The van der Waals surface area contributed by atoms with Gasteiger partial charge in [-0.2, -0.15) is 0 Å². The molecule has 7 heteroatoms. The highest BCUT2D eigenvalue weighted by Crippen LogP contribution is 2.21. The summed E-state index contributed by atoms with van der Waals surface area (Å²) in [5.41, 5.74) is 0.684. The highest BCUT2D eigenvalue weighted by molar-refractivity contribution is 7.95. The number of carboxylic acid groups (broad SMARTS) is 1. The minimum atomic E-state index is -3.75. The van der Waals surface area contributed by atoms with Gasteiger partial charge in [0.1, 0.15) is 0 Å². The molecule has 114 valence electrons. The van der Waals surface area contributed by atoms with E-state index >= 15 is 0 Å². The summed E-state index contributed by atoms with van der Waals surface area (Å²) in [4.78, 5) is 11.0. The number of halogens is 1. The fraction of sp³-hybridized carbons (Fsp3) is 0. The van der Waals surface area contributed by atoms with Crippen molar-refractivity contribution in [1.82, 2.24) is 0 Å². The standard InChI is InChI=1S/C15H12ClNO4S/c16-14-7-6-12(10-13(14)15(18)19)17-22(20,21)9-8-11-4-2-1-3-5-11/h1-10,17H,(H,18,19). The van der Waals surface area contributed by atoms with E-state index in [2.05, 4.69) is 4.72 Å². The average Bonchev–Trinajstić information content (AvgIpc) is 2.48. The molecular formula is C15H12ClNO4S. The van der Waals surface area contributed by atoms with Gasteiger partial charge in [-0.1, -0.05) is 41.9 Å². The Balaban J connectivity index is 2.20. The van der Waals surface area contributed by atoms with Crippen molar-refractivity contribution in [2.75, 3.05) is 4.72 Å². The molecule has 2 N–H and O–H groups in total. The second-order valence-electron chi connectivity index (χ2n) is 4.36. The van der Waals surface area contributed by atoms with Crippen molar-refractivity contribution < 1.29 is 18.3 Å². The molecule has 0 aliphatic heterocycles. The summed E-state index contributed by atoms with van der Waals surface area (Å²) in [5.74, 6) is -1.23. The van der Waals surface area contributed by atoms with Gasteiger partial charge in [-0.05, 0) is 29.8 Å². The molecule has 2 aromatic rings. The van der Waals surface area contributed by atoms with Crippen LogP contribution in [0.1, 0.15) is 15.9 Å². The van der Waals surface area contributed by atoms with E-state index in [1.165, 1.54) is 24.3 Å². The number of carbonyl (C=O) groups is 1. The smallest absolute Gasteiger partial charge is 0.337 e. The number of hydrogen-bond acceptors (Lipinski definition) is 3. The van der Waals surface area contributed by atoms with Crippen LogP contribution >= 0.6 is 11.6 Å². The number of carboxylic acids is 1. The topological polar surface area (TPSA) is 83.5 Å². The normalized spacial score (nSPS) is 11.5. The molecular weight excluding hydrogens is 326 g/mol. The third-order valence-corrected chi connectivity index (χ3v) is 4.04. The Hall–Kier alpha value is -2.31. The first-order valence-corrected chi connectivity index (χ1v) is 8.08. The number of hydrogen-bond donors (Lipinski definition) is 2. The first-order chi connectivity index (χ1) is 10.4. The van der Waals surface area contributed by atoms with Gasteiger partial charge >= 0.3 is 5.97 Å². The highest BCUT2D eigenvalue weighted by atomic mass is 35.5. The van der Waals surface area contributed by atoms with Crippen molar-refractivity contribution in [3.05, 3.63) is 70.1 Å². The van der Waals surface area contributed by atoms with E-state index < -0.39 is 16.0 Å². The van der Waals surface area contributed by atoms with E-state index in [1.54, 1.807) is 24.3 Å². The molecule has 0 aliphatic rings. The first kappa shape index (κ1) is 16.1. The molecule has 5 nitrogen and oxygen atoms in total. The Kier molecular flexibility index (Phi) is 4.85. The summed E-state index contributed by atoms with van der Waals surface area (Å²) in [7, 11) is -3.75. The van der Waals surface area contributed by atoms with E-state index in [1.807, 2.05) is 6.07 Å². The highest BCUT2D eigenvalue weighted by Gasteiger charge is 2.12. The molecule has 0 saturated carbocycles. The molecule has 0 amide bonds. The van der Waals surface area contributed by atoms with E-state index in [4.69, 9.17) is 16.7 Å². The maximum atomic E-state index is 12.0. The van der Waals surface area contributed by atoms with Crippen LogP contribution in [-0.4, -0.2) is 19.5 Å². The molecule has 0 aliphatic carbocycles. The van der Waals surface area contributed by atoms with Gasteiger partial charge in [0.2, 0.25) is 0 Å². The van der Waals surface area contributed by atoms with Crippen LogP contribution in [0, 0.1) is 0 Å². The summed E-state index contributed by atoms with van der Waals surface area (Å²) < 4.78 is 26.2. The molecule has 0 heterocycles. The maximum Gasteiger partial charge on any atom is 0.337 e. The van der Waals surface area contributed by atoms with Crippen molar-refractivity contribution in [3.8, 4) is 0 Å². The fourth-order valence-corrected chi connectivity index (χ4v) is 2.74. The molecule has 0 saturated heterocycles. The predicted molar refractivity (Wildman–Crippen MR) is 86.4 cm³/mol. The number of nitrogens with one attached hydrogen (secondary N) is 1. The Morgan fingerprint density at radius 1 is 1.14 bits per heavy atom. The predicted octanol–water partition coefficient (Wildman–Crippen LogP) is 3.45. The van der Waals surface area contributed by atoms with Crippen LogP contribution in [0.3, 0.4) is 0 Å². The molecule has 0 atom stereocenters. The molecule has 0 radical (unpaired) electrons. The van der Waals surface area contributed by atoms with Crippen LogP contribution in [0.4, 0.5) is 5.69 Å². The second kappa shape index (κ2) is 6.64. The maximum absolute atomic E-state index is 12.0. The van der Waals surface area contributed by atoms with Gasteiger partial charge in [0.25, 0.3) is 10.0 Å². The number of sulfonamides is 1. The number of rotatable bonds is 5. The van der Waals surface area contributed by atoms with E-state index in [0.717, 1.165) is 11.0 Å². The molecule has 0 fully saturated rings. The van der Waals surface area contributed by atoms with E-state index in [0.29, 0.717) is 0 Å². The van der Waals surface area contributed by atoms with Crippen molar-refractivity contribution >= 4 is 39.4 Å². The van der Waals surface area contributed by atoms with Gasteiger partial charge in [0, 0.05) is 5.69 Å². The zero-order valence-electron chi connectivity index (χ0n) is 11.2. The molecule has 2 aromatic carbocycles. The van der Waals surface area contributed by atoms with Crippen LogP contribution in [0.25, 0.3) is 6.08 Å². The number of benzene rings is 2. The summed E-state index contributed by atoms with van der Waals surface area (Å²) in [6.45, 7) is 0. The molecule has 2 rings (SSSR count). The summed E-state index contributed by atoms with van der Waals surface area (Å²) in [6, 6.07) is 12.8. The third kappa shape index (κ3) is 4.34. The van der Waals surface area contributed by atoms with Crippen LogP contribution in [0.2, 0.25) is 5.02 Å². The monoisotopic (exact) mass is 337 g/mol. The van der Waals surface area contributed by atoms with Crippen LogP contribution in [-0.2, 0) is 10.0 Å². The van der Waals surface area contributed by atoms with Gasteiger partial charge in [-0.3, -0.25) is 4.72 Å². The van der Waals surface area contributed by atoms with Crippen molar-refractivity contribution in [2.24, 2.45) is 0 Å². The molecule has 22 heavy (non-hydrogen) atoms. The lowest BCUT2D eigenvalue weighted by Crippen LogP contribution is -2.09. The minimum absolute atomic E-state index is 0.0373. The fourth-order valence-electron chi connectivity index (χ4n) is 1.68. The van der Waals surface area contributed by atoms with Gasteiger partial charge < -0.3 is 5.11 Å². The quantitative estimate of drug-likeness (QED) is 0.875. The van der Waals surface area contributed by atoms with Gasteiger partial charge in [0.15, 0.2) is 0 Å². The third-order valence-electron chi connectivity index (χ3n) is 2.70. The largest absolute Gasteiger partial charge is 0.478 e. The van der Waals surface area contributed by atoms with Gasteiger partial charge in [-0.15, -0.1) is 0 Å².